The molecule has 24 heavy (non-hydrogen) atoms. The van der Waals surface area contributed by atoms with E-state index < -0.39 is 0 Å². The number of thiazole rings is 1. The molecule has 1 N–H and O–H groups in total. The van der Waals surface area contributed by atoms with Crippen molar-refractivity contribution in [3.8, 4) is 11.4 Å². The maximum Gasteiger partial charge on any atom is 0.236 e. The first-order valence-electron chi connectivity index (χ1n) is 7.43. The van der Waals surface area contributed by atoms with Crippen LogP contribution in [0.25, 0.3) is 11.4 Å². The number of anilines is 1. The molecule has 3 aromatic rings. The molecule has 0 bridgehead atoms. The molecule has 3 rings (SSSR count). The first-order chi connectivity index (χ1) is 11.8. The van der Waals surface area contributed by atoms with Gasteiger partial charge >= 0.3 is 0 Å². The number of carbonyl (C=O) groups is 1. The van der Waals surface area contributed by atoms with E-state index in [0.717, 1.165) is 29.5 Å². The van der Waals surface area contributed by atoms with Crippen molar-refractivity contribution in [1.29, 1.82) is 0 Å². The molecule has 0 aliphatic rings. The van der Waals surface area contributed by atoms with Crippen molar-refractivity contribution in [2.75, 3.05) is 11.1 Å². The lowest BCUT2D eigenvalue weighted by Crippen LogP contribution is -2.14. The lowest BCUT2D eigenvalue weighted by Gasteiger charge is -2.08. The molecule has 0 radical (unpaired) electrons. The number of aromatic nitrogens is 5. The van der Waals surface area contributed by atoms with Gasteiger partial charge < -0.3 is 9.88 Å². The second-order valence-corrected chi connectivity index (χ2v) is 6.70. The highest BCUT2D eigenvalue weighted by molar-refractivity contribution is 7.99. The van der Waals surface area contributed by atoms with Crippen LogP contribution in [0, 0.1) is 0 Å². The van der Waals surface area contributed by atoms with Gasteiger partial charge in [-0.3, -0.25) is 9.78 Å². The van der Waals surface area contributed by atoms with Gasteiger partial charge in [-0.05, 0) is 18.6 Å². The Bertz CT molecular complexity index is 788. The van der Waals surface area contributed by atoms with E-state index in [1.165, 1.54) is 23.1 Å². The number of hydrogen-bond donors (Lipinski definition) is 1. The highest BCUT2D eigenvalue weighted by atomic mass is 32.2. The molecular formula is C15H16N6OS2. The van der Waals surface area contributed by atoms with Crippen LogP contribution < -0.4 is 5.32 Å². The molecule has 9 heteroatoms. The molecule has 0 saturated heterocycles. The summed E-state index contributed by atoms with van der Waals surface area (Å²) in [7, 11) is 0. The minimum absolute atomic E-state index is 0.105. The normalized spacial score (nSPS) is 10.7. The average Bonchev–Trinajstić information content (AvgIpc) is 3.24. The summed E-state index contributed by atoms with van der Waals surface area (Å²) >= 11 is 2.77. The van der Waals surface area contributed by atoms with Crippen molar-refractivity contribution in [3.05, 3.63) is 36.1 Å². The van der Waals surface area contributed by atoms with Crippen LogP contribution in [-0.2, 0) is 11.3 Å². The van der Waals surface area contributed by atoms with Crippen LogP contribution in [0.2, 0.25) is 0 Å². The van der Waals surface area contributed by atoms with Gasteiger partial charge in [0.1, 0.15) is 0 Å². The molecule has 0 fully saturated rings. The summed E-state index contributed by atoms with van der Waals surface area (Å²) in [5.41, 5.74) is 0.963. The van der Waals surface area contributed by atoms with Crippen molar-refractivity contribution in [1.82, 2.24) is 24.7 Å². The van der Waals surface area contributed by atoms with Crippen molar-refractivity contribution in [2.24, 2.45) is 0 Å². The minimum Gasteiger partial charge on any atom is -0.302 e. The number of nitrogens with one attached hydrogen (secondary N) is 1. The summed E-state index contributed by atoms with van der Waals surface area (Å²) < 4.78 is 2.04. The third kappa shape index (κ3) is 3.98. The number of nitrogens with zero attached hydrogens (tertiary/aromatic N) is 5. The maximum absolute atomic E-state index is 12.0. The molecule has 0 spiro atoms. The van der Waals surface area contributed by atoms with Crippen LogP contribution in [-0.4, -0.2) is 36.4 Å². The lowest BCUT2D eigenvalue weighted by atomic mass is 10.2. The third-order valence-electron chi connectivity index (χ3n) is 3.11. The van der Waals surface area contributed by atoms with E-state index in [2.05, 4.69) is 32.4 Å². The highest BCUT2D eigenvalue weighted by Crippen LogP contribution is 2.24. The Morgan fingerprint density at radius 1 is 1.29 bits per heavy atom. The molecule has 3 aromatic heterocycles. The Morgan fingerprint density at radius 3 is 2.83 bits per heavy atom. The summed E-state index contributed by atoms with van der Waals surface area (Å²) in [6.45, 7) is 2.89. The molecule has 0 aromatic carbocycles. The highest BCUT2D eigenvalue weighted by Gasteiger charge is 2.15. The van der Waals surface area contributed by atoms with Gasteiger partial charge in [-0.1, -0.05) is 18.7 Å². The van der Waals surface area contributed by atoms with E-state index >= 15 is 0 Å². The third-order valence-corrected chi connectivity index (χ3v) is 4.77. The van der Waals surface area contributed by atoms with Gasteiger partial charge in [-0.15, -0.1) is 21.5 Å². The van der Waals surface area contributed by atoms with Crippen LogP contribution in [0.1, 0.15) is 13.3 Å². The number of thioether (sulfide) groups is 1. The van der Waals surface area contributed by atoms with Crippen LogP contribution in [0.4, 0.5) is 5.13 Å². The topological polar surface area (TPSA) is 85.6 Å². The minimum atomic E-state index is -0.105. The smallest absolute Gasteiger partial charge is 0.236 e. The van der Waals surface area contributed by atoms with Gasteiger partial charge in [-0.2, -0.15) is 0 Å². The number of rotatable bonds is 7. The summed E-state index contributed by atoms with van der Waals surface area (Å²) in [6.07, 6.45) is 6.07. The van der Waals surface area contributed by atoms with Crippen LogP contribution >= 0.6 is 23.1 Å². The lowest BCUT2D eigenvalue weighted by molar-refractivity contribution is -0.113. The zero-order valence-electron chi connectivity index (χ0n) is 13.0. The van der Waals surface area contributed by atoms with Crippen molar-refractivity contribution < 1.29 is 4.79 Å². The van der Waals surface area contributed by atoms with Gasteiger partial charge in [0.15, 0.2) is 16.1 Å². The maximum atomic E-state index is 12.0. The summed E-state index contributed by atoms with van der Waals surface area (Å²) in [4.78, 5) is 20.1. The molecule has 0 unspecified atom stereocenters. The van der Waals surface area contributed by atoms with Crippen molar-refractivity contribution in [2.45, 2.75) is 25.0 Å². The van der Waals surface area contributed by atoms with Gasteiger partial charge in [0.2, 0.25) is 5.91 Å². The zero-order chi connectivity index (χ0) is 16.8. The fourth-order valence-corrected chi connectivity index (χ4v) is 3.42. The second kappa shape index (κ2) is 8.02. The Morgan fingerprint density at radius 2 is 2.12 bits per heavy atom. The van der Waals surface area contributed by atoms with E-state index in [9.17, 15) is 4.79 Å². The van der Waals surface area contributed by atoms with Crippen LogP contribution in [0.5, 0.6) is 0 Å². The Labute approximate surface area is 147 Å². The average molecular weight is 360 g/mol. The number of pyridine rings is 1. The van der Waals surface area contributed by atoms with E-state index in [1.807, 2.05) is 22.1 Å². The number of carbonyl (C=O) groups excluding carboxylic acids is 1. The number of hydrogen-bond acceptors (Lipinski definition) is 7. The molecule has 0 saturated carbocycles. The van der Waals surface area contributed by atoms with Crippen molar-refractivity contribution >= 4 is 34.1 Å². The molecule has 7 nitrogen and oxygen atoms in total. The Kier molecular flexibility index (Phi) is 5.55. The fourth-order valence-electron chi connectivity index (χ4n) is 2.11. The van der Waals surface area contributed by atoms with Gasteiger partial charge in [0, 0.05) is 36.1 Å². The zero-order valence-corrected chi connectivity index (χ0v) is 14.7. The van der Waals surface area contributed by atoms with E-state index in [1.54, 1.807) is 18.6 Å². The van der Waals surface area contributed by atoms with Crippen LogP contribution in [0.15, 0.2) is 41.3 Å². The molecule has 0 aliphatic carbocycles. The summed E-state index contributed by atoms with van der Waals surface area (Å²) in [6, 6.07) is 3.81. The Hall–Kier alpha value is -2.26. The SMILES string of the molecule is CCCn1c(SCC(=O)Nc2nccs2)nnc1-c1ccncc1. The fraction of sp³-hybridized carbons (Fsp3) is 0.267. The molecule has 1 amide bonds. The van der Waals surface area contributed by atoms with E-state index in [0.29, 0.717) is 5.13 Å². The van der Waals surface area contributed by atoms with Gasteiger partial charge in [-0.25, -0.2) is 4.98 Å². The van der Waals surface area contributed by atoms with Gasteiger partial charge in [0.05, 0.1) is 5.75 Å². The molecule has 0 aliphatic heterocycles. The predicted molar refractivity (Wildman–Crippen MR) is 95.0 cm³/mol. The number of amides is 1. The standard InChI is InChI=1S/C15H16N6OS2/c1-2-8-21-13(11-3-5-16-6-4-11)19-20-15(21)24-10-12(22)18-14-17-7-9-23-14/h3-7,9H,2,8,10H2,1H3,(H,17,18,22). The Balaban J connectivity index is 1.71. The quantitative estimate of drug-likeness (QED) is 0.652. The monoisotopic (exact) mass is 360 g/mol. The predicted octanol–water partition coefficient (Wildman–Crippen LogP) is 2.94. The van der Waals surface area contributed by atoms with Crippen molar-refractivity contribution in [3.63, 3.8) is 0 Å². The van der Waals surface area contributed by atoms with E-state index in [4.69, 9.17) is 0 Å². The van der Waals surface area contributed by atoms with E-state index in [-0.39, 0.29) is 11.7 Å². The summed E-state index contributed by atoms with van der Waals surface area (Å²) in [5, 5.41) is 14.4. The second-order valence-electron chi connectivity index (χ2n) is 4.87. The largest absolute Gasteiger partial charge is 0.302 e. The molecule has 124 valence electrons. The molecule has 0 atom stereocenters. The van der Waals surface area contributed by atoms with Crippen LogP contribution in [0.3, 0.4) is 0 Å². The molecule has 3 heterocycles. The first kappa shape index (κ1) is 16.6. The summed E-state index contributed by atoms with van der Waals surface area (Å²) in [5.74, 6) is 0.950. The first-order valence-corrected chi connectivity index (χ1v) is 9.30. The molecular weight excluding hydrogens is 344 g/mol. The van der Waals surface area contributed by atoms with Gasteiger partial charge in [0.25, 0.3) is 0 Å².